The van der Waals surface area contributed by atoms with E-state index >= 15 is 0 Å². The maximum absolute atomic E-state index is 14.1. The van der Waals surface area contributed by atoms with Crippen LogP contribution in [-0.4, -0.2) is 25.9 Å². The van der Waals surface area contributed by atoms with E-state index in [4.69, 9.17) is 15.3 Å². The fourth-order valence-electron chi connectivity index (χ4n) is 2.74. The van der Waals surface area contributed by atoms with Crippen molar-refractivity contribution in [2.24, 2.45) is 5.84 Å². The summed E-state index contributed by atoms with van der Waals surface area (Å²) in [6.45, 7) is 3.12. The van der Waals surface area contributed by atoms with Gasteiger partial charge in [-0.3, -0.25) is 5.84 Å². The molecular weight excluding hydrogens is 247 g/mol. The lowest BCUT2D eigenvalue weighted by molar-refractivity contribution is -0.112. The average Bonchev–Trinajstić information content (AvgIpc) is 2.44. The molecule has 1 aliphatic rings. The Labute approximate surface area is 113 Å². The van der Waals surface area contributed by atoms with Crippen LogP contribution in [0.1, 0.15) is 30.0 Å². The minimum Gasteiger partial charge on any atom is -0.381 e. The lowest BCUT2D eigenvalue weighted by Gasteiger charge is -2.42. The monoisotopic (exact) mass is 268 g/mol. The average molecular weight is 268 g/mol. The number of nitrogens with one attached hydrogen (secondary N) is 1. The SMILES string of the molecule is COC1(C(NN)c2cc(C)ccc2F)CCOCC1. The smallest absolute Gasteiger partial charge is 0.128 e. The van der Waals surface area contributed by atoms with Gasteiger partial charge in [0.2, 0.25) is 0 Å². The third-order valence-electron chi connectivity index (χ3n) is 3.90. The summed E-state index contributed by atoms with van der Waals surface area (Å²) in [5.74, 6) is 5.41. The zero-order valence-electron chi connectivity index (χ0n) is 11.4. The number of ether oxygens (including phenoxy) is 2. The van der Waals surface area contributed by atoms with Crippen LogP contribution in [0, 0.1) is 12.7 Å². The van der Waals surface area contributed by atoms with Crippen molar-refractivity contribution in [1.29, 1.82) is 0 Å². The minimum absolute atomic E-state index is 0.267. The van der Waals surface area contributed by atoms with E-state index in [1.54, 1.807) is 13.2 Å². The number of hydrogen-bond acceptors (Lipinski definition) is 4. The Hall–Kier alpha value is -1.01. The van der Waals surface area contributed by atoms with Crippen LogP contribution in [0.4, 0.5) is 4.39 Å². The molecule has 1 aromatic carbocycles. The molecule has 0 saturated carbocycles. The topological polar surface area (TPSA) is 56.5 Å². The highest BCUT2D eigenvalue weighted by Gasteiger charge is 2.42. The Balaban J connectivity index is 2.39. The second kappa shape index (κ2) is 5.96. The van der Waals surface area contributed by atoms with E-state index in [0.29, 0.717) is 31.6 Å². The van der Waals surface area contributed by atoms with Crippen molar-refractivity contribution in [3.05, 3.63) is 35.1 Å². The van der Waals surface area contributed by atoms with E-state index < -0.39 is 5.60 Å². The van der Waals surface area contributed by atoms with Gasteiger partial charge in [-0.25, -0.2) is 9.82 Å². The second-order valence-electron chi connectivity index (χ2n) is 5.01. The summed E-state index contributed by atoms with van der Waals surface area (Å²) in [4.78, 5) is 0. The number of benzene rings is 1. The molecule has 2 rings (SSSR count). The van der Waals surface area contributed by atoms with E-state index in [-0.39, 0.29) is 11.9 Å². The van der Waals surface area contributed by atoms with E-state index in [1.165, 1.54) is 6.07 Å². The summed E-state index contributed by atoms with van der Waals surface area (Å²) in [5, 5.41) is 0. The molecule has 1 heterocycles. The first-order valence-corrected chi connectivity index (χ1v) is 6.48. The highest BCUT2D eigenvalue weighted by molar-refractivity contribution is 5.29. The maximum Gasteiger partial charge on any atom is 0.128 e. The zero-order valence-corrected chi connectivity index (χ0v) is 11.4. The highest BCUT2D eigenvalue weighted by Crippen LogP contribution is 2.38. The molecule has 1 aromatic rings. The first kappa shape index (κ1) is 14.4. The number of methoxy groups -OCH3 is 1. The first-order chi connectivity index (χ1) is 9.13. The van der Waals surface area contributed by atoms with Gasteiger partial charge in [-0.2, -0.15) is 0 Å². The molecule has 1 atom stereocenters. The Morgan fingerprint density at radius 1 is 1.42 bits per heavy atom. The summed E-state index contributed by atoms with van der Waals surface area (Å²) in [6, 6.07) is 4.64. The molecule has 19 heavy (non-hydrogen) atoms. The van der Waals surface area contributed by atoms with Crippen LogP contribution in [0.25, 0.3) is 0 Å². The Kier molecular flexibility index (Phi) is 4.52. The molecular formula is C14H21FN2O2. The van der Waals surface area contributed by atoms with E-state index in [9.17, 15) is 4.39 Å². The summed E-state index contributed by atoms with van der Waals surface area (Å²) < 4.78 is 25.1. The Morgan fingerprint density at radius 2 is 2.11 bits per heavy atom. The molecule has 106 valence electrons. The number of hydrogen-bond donors (Lipinski definition) is 2. The van der Waals surface area contributed by atoms with Gasteiger partial charge in [0, 0.05) is 38.7 Å². The molecule has 1 saturated heterocycles. The first-order valence-electron chi connectivity index (χ1n) is 6.48. The van der Waals surface area contributed by atoms with Crippen LogP contribution in [0.2, 0.25) is 0 Å². The lowest BCUT2D eigenvalue weighted by atomic mass is 9.82. The summed E-state index contributed by atoms with van der Waals surface area (Å²) in [5.41, 5.74) is 3.74. The Morgan fingerprint density at radius 3 is 2.68 bits per heavy atom. The van der Waals surface area contributed by atoms with Crippen molar-refractivity contribution in [3.8, 4) is 0 Å². The standard InChI is InChI=1S/C14H21FN2O2/c1-10-3-4-12(15)11(9-10)13(17-16)14(18-2)5-7-19-8-6-14/h3-4,9,13,17H,5-8,16H2,1-2H3. The van der Waals surface area contributed by atoms with E-state index in [0.717, 1.165) is 5.56 Å². The van der Waals surface area contributed by atoms with Crippen molar-refractivity contribution < 1.29 is 13.9 Å². The van der Waals surface area contributed by atoms with Gasteiger partial charge in [-0.1, -0.05) is 17.7 Å². The van der Waals surface area contributed by atoms with Crippen LogP contribution < -0.4 is 11.3 Å². The molecule has 4 nitrogen and oxygen atoms in total. The van der Waals surface area contributed by atoms with Crippen molar-refractivity contribution in [2.75, 3.05) is 20.3 Å². The molecule has 0 amide bonds. The predicted octanol–water partition coefficient (Wildman–Crippen LogP) is 1.83. The van der Waals surface area contributed by atoms with Crippen molar-refractivity contribution in [1.82, 2.24) is 5.43 Å². The number of halogens is 1. The molecule has 0 spiro atoms. The lowest BCUT2D eigenvalue weighted by Crippen LogP contribution is -2.51. The normalized spacial score (nSPS) is 20.2. The van der Waals surface area contributed by atoms with E-state index in [2.05, 4.69) is 5.43 Å². The number of aryl methyl sites for hydroxylation is 1. The predicted molar refractivity (Wildman–Crippen MR) is 71.0 cm³/mol. The Bertz CT molecular complexity index is 433. The number of hydrazine groups is 1. The third-order valence-corrected chi connectivity index (χ3v) is 3.90. The van der Waals surface area contributed by atoms with Gasteiger partial charge >= 0.3 is 0 Å². The highest BCUT2D eigenvalue weighted by atomic mass is 19.1. The fraction of sp³-hybridized carbons (Fsp3) is 0.571. The molecule has 0 aromatic heterocycles. The van der Waals surface area contributed by atoms with E-state index in [1.807, 2.05) is 13.0 Å². The molecule has 0 bridgehead atoms. The number of nitrogens with two attached hydrogens (primary N) is 1. The molecule has 1 unspecified atom stereocenters. The summed E-state index contributed by atoms with van der Waals surface area (Å²) in [7, 11) is 1.64. The molecule has 1 fully saturated rings. The molecule has 0 radical (unpaired) electrons. The van der Waals surface area contributed by atoms with Crippen molar-refractivity contribution in [3.63, 3.8) is 0 Å². The largest absolute Gasteiger partial charge is 0.381 e. The summed E-state index contributed by atoms with van der Waals surface area (Å²) >= 11 is 0. The molecule has 5 heteroatoms. The second-order valence-corrected chi connectivity index (χ2v) is 5.01. The van der Waals surface area contributed by atoms with Gasteiger partial charge in [0.25, 0.3) is 0 Å². The molecule has 0 aliphatic carbocycles. The van der Waals surface area contributed by atoms with Gasteiger partial charge in [0.15, 0.2) is 0 Å². The van der Waals surface area contributed by atoms with Gasteiger partial charge in [-0.15, -0.1) is 0 Å². The molecule has 1 aliphatic heterocycles. The maximum atomic E-state index is 14.1. The number of rotatable bonds is 4. The van der Waals surface area contributed by atoms with Crippen LogP contribution >= 0.6 is 0 Å². The van der Waals surface area contributed by atoms with Crippen molar-refractivity contribution in [2.45, 2.75) is 31.4 Å². The van der Waals surface area contributed by atoms with Gasteiger partial charge < -0.3 is 9.47 Å². The van der Waals surface area contributed by atoms with Gasteiger partial charge in [0.1, 0.15) is 5.82 Å². The quantitative estimate of drug-likeness (QED) is 0.646. The van der Waals surface area contributed by atoms with Crippen LogP contribution in [0.3, 0.4) is 0 Å². The minimum atomic E-state index is -0.526. The van der Waals surface area contributed by atoms with Crippen LogP contribution in [-0.2, 0) is 9.47 Å². The van der Waals surface area contributed by atoms with Crippen LogP contribution in [0.5, 0.6) is 0 Å². The summed E-state index contributed by atoms with van der Waals surface area (Å²) in [6.07, 6.45) is 1.37. The van der Waals surface area contributed by atoms with Crippen molar-refractivity contribution >= 4 is 0 Å². The van der Waals surface area contributed by atoms with Gasteiger partial charge in [-0.05, 0) is 13.0 Å². The zero-order chi connectivity index (χ0) is 13.9. The van der Waals surface area contributed by atoms with Crippen LogP contribution in [0.15, 0.2) is 18.2 Å². The fourth-order valence-corrected chi connectivity index (χ4v) is 2.74. The van der Waals surface area contributed by atoms with Gasteiger partial charge in [0.05, 0.1) is 11.6 Å². The molecule has 3 N–H and O–H groups in total. The third kappa shape index (κ3) is 2.79.